The fourth-order valence-electron chi connectivity index (χ4n) is 2.24. The summed E-state index contributed by atoms with van der Waals surface area (Å²) in [6.07, 6.45) is 5.26. The van der Waals surface area contributed by atoms with Gasteiger partial charge in [0.05, 0.1) is 11.2 Å². The summed E-state index contributed by atoms with van der Waals surface area (Å²) in [6, 6.07) is 2.94. The van der Waals surface area contributed by atoms with E-state index < -0.39 is 6.04 Å². The van der Waals surface area contributed by atoms with E-state index in [1.807, 2.05) is 43.0 Å². The van der Waals surface area contributed by atoms with Crippen molar-refractivity contribution >= 4 is 23.2 Å². The summed E-state index contributed by atoms with van der Waals surface area (Å²) in [5, 5.41) is 7.61. The van der Waals surface area contributed by atoms with Gasteiger partial charge in [0, 0.05) is 25.0 Å². The molecule has 2 aromatic heterocycles. The summed E-state index contributed by atoms with van der Waals surface area (Å²) in [4.78, 5) is 29.2. The predicted molar refractivity (Wildman–Crippen MR) is 90.2 cm³/mol. The number of hydrogen-bond acceptors (Lipinski definition) is 4. The first kappa shape index (κ1) is 17.2. The molecule has 0 saturated carbocycles. The summed E-state index contributed by atoms with van der Waals surface area (Å²) < 4.78 is 1.90. The third kappa shape index (κ3) is 4.92. The molecular weight excluding hydrogens is 312 g/mol. The summed E-state index contributed by atoms with van der Waals surface area (Å²) in [5.74, 6) is -0.381. The number of imidazole rings is 1. The van der Waals surface area contributed by atoms with E-state index >= 15 is 0 Å². The molecule has 0 spiro atoms. The summed E-state index contributed by atoms with van der Waals surface area (Å²) in [7, 11) is 0. The van der Waals surface area contributed by atoms with Crippen molar-refractivity contribution in [2.75, 3.05) is 0 Å². The van der Waals surface area contributed by atoms with E-state index in [4.69, 9.17) is 0 Å². The van der Waals surface area contributed by atoms with E-state index in [9.17, 15) is 9.59 Å². The average Bonchev–Trinajstić information content (AvgIpc) is 3.16. The van der Waals surface area contributed by atoms with E-state index in [0.717, 1.165) is 0 Å². The number of amides is 2. The molecule has 6 nitrogen and oxygen atoms in total. The number of rotatable bonds is 7. The SMILES string of the molecule is CC(C)[C@@H](NC(=O)c1cccs1)C(=O)N[C@@H](C)Cn1ccnc1. The van der Waals surface area contributed by atoms with Crippen LogP contribution in [0.4, 0.5) is 0 Å². The normalized spacial score (nSPS) is 13.6. The second-order valence-electron chi connectivity index (χ2n) is 5.84. The maximum atomic E-state index is 12.5. The monoisotopic (exact) mass is 334 g/mol. The first-order valence-corrected chi connectivity index (χ1v) is 8.46. The summed E-state index contributed by atoms with van der Waals surface area (Å²) in [6.45, 7) is 6.39. The lowest BCUT2D eigenvalue weighted by molar-refractivity contribution is -0.124. The van der Waals surface area contributed by atoms with Crippen molar-refractivity contribution in [2.24, 2.45) is 5.92 Å². The highest BCUT2D eigenvalue weighted by atomic mass is 32.1. The quantitative estimate of drug-likeness (QED) is 0.812. The van der Waals surface area contributed by atoms with Crippen LogP contribution in [-0.4, -0.2) is 33.4 Å². The molecule has 2 N–H and O–H groups in total. The van der Waals surface area contributed by atoms with Gasteiger partial charge in [-0.25, -0.2) is 4.98 Å². The molecule has 2 heterocycles. The zero-order valence-electron chi connectivity index (χ0n) is 13.5. The van der Waals surface area contributed by atoms with Crippen molar-refractivity contribution in [3.63, 3.8) is 0 Å². The molecule has 2 rings (SSSR count). The lowest BCUT2D eigenvalue weighted by Crippen LogP contribution is -2.52. The number of carbonyl (C=O) groups excluding carboxylic acids is 2. The third-order valence-electron chi connectivity index (χ3n) is 3.41. The van der Waals surface area contributed by atoms with Crippen molar-refractivity contribution in [2.45, 2.75) is 39.4 Å². The number of nitrogens with one attached hydrogen (secondary N) is 2. The van der Waals surface area contributed by atoms with Crippen LogP contribution in [0, 0.1) is 5.92 Å². The van der Waals surface area contributed by atoms with Crippen LogP contribution in [0.25, 0.3) is 0 Å². The smallest absolute Gasteiger partial charge is 0.262 e. The van der Waals surface area contributed by atoms with Crippen LogP contribution in [0.1, 0.15) is 30.4 Å². The Morgan fingerprint density at radius 2 is 2.09 bits per heavy atom. The lowest BCUT2D eigenvalue weighted by atomic mass is 10.0. The zero-order valence-corrected chi connectivity index (χ0v) is 14.3. The van der Waals surface area contributed by atoms with Gasteiger partial charge in [0.15, 0.2) is 0 Å². The van der Waals surface area contributed by atoms with Crippen LogP contribution in [0.3, 0.4) is 0 Å². The summed E-state index contributed by atoms with van der Waals surface area (Å²) >= 11 is 1.36. The highest BCUT2D eigenvalue weighted by Gasteiger charge is 2.25. The Bertz CT molecular complexity index is 623. The van der Waals surface area contributed by atoms with Crippen molar-refractivity contribution in [3.05, 3.63) is 41.1 Å². The van der Waals surface area contributed by atoms with Gasteiger partial charge in [-0.2, -0.15) is 0 Å². The number of nitrogens with zero attached hydrogens (tertiary/aromatic N) is 2. The second-order valence-corrected chi connectivity index (χ2v) is 6.79. The minimum atomic E-state index is -0.560. The molecule has 0 bridgehead atoms. The van der Waals surface area contributed by atoms with Gasteiger partial charge in [-0.15, -0.1) is 11.3 Å². The molecule has 0 aliphatic rings. The first-order chi connectivity index (χ1) is 11.0. The third-order valence-corrected chi connectivity index (χ3v) is 4.28. The Labute approximate surface area is 139 Å². The fraction of sp³-hybridized carbons (Fsp3) is 0.438. The van der Waals surface area contributed by atoms with Crippen LogP contribution in [0.2, 0.25) is 0 Å². The lowest BCUT2D eigenvalue weighted by Gasteiger charge is -2.24. The maximum absolute atomic E-state index is 12.5. The topological polar surface area (TPSA) is 76.0 Å². The van der Waals surface area contributed by atoms with Crippen molar-refractivity contribution in [3.8, 4) is 0 Å². The fourth-order valence-corrected chi connectivity index (χ4v) is 2.87. The van der Waals surface area contributed by atoms with Gasteiger partial charge in [0.1, 0.15) is 6.04 Å². The van der Waals surface area contributed by atoms with Crippen molar-refractivity contribution in [1.29, 1.82) is 0 Å². The van der Waals surface area contributed by atoms with Crippen LogP contribution in [-0.2, 0) is 11.3 Å². The predicted octanol–water partition coefficient (Wildman–Crippen LogP) is 1.90. The number of thiophene rings is 1. The standard InChI is InChI=1S/C16H22N4O2S/c1-11(2)14(19-15(21)13-5-4-8-23-13)16(22)18-12(3)9-20-7-6-17-10-20/h4-8,10-12,14H,9H2,1-3H3,(H,18,22)(H,19,21)/t12-,14+/m0/s1. The van der Waals surface area contributed by atoms with Crippen molar-refractivity contribution < 1.29 is 9.59 Å². The minimum absolute atomic E-state index is 0.000595. The molecule has 0 radical (unpaired) electrons. The number of aromatic nitrogens is 2. The Kier molecular flexibility index (Phi) is 5.92. The summed E-state index contributed by atoms with van der Waals surface area (Å²) in [5.41, 5.74) is 0. The van der Waals surface area contributed by atoms with E-state index in [-0.39, 0.29) is 23.8 Å². The molecule has 2 amide bonds. The zero-order chi connectivity index (χ0) is 16.8. The Morgan fingerprint density at radius 1 is 1.30 bits per heavy atom. The molecule has 2 aromatic rings. The van der Waals surface area contributed by atoms with Gasteiger partial charge in [-0.05, 0) is 24.3 Å². The molecule has 7 heteroatoms. The van der Waals surface area contributed by atoms with Gasteiger partial charge in [-0.1, -0.05) is 19.9 Å². The van der Waals surface area contributed by atoms with Gasteiger partial charge in [-0.3, -0.25) is 9.59 Å². The highest BCUT2D eigenvalue weighted by molar-refractivity contribution is 7.12. The average molecular weight is 334 g/mol. The van der Waals surface area contributed by atoms with E-state index in [2.05, 4.69) is 15.6 Å². The van der Waals surface area contributed by atoms with Crippen LogP contribution >= 0.6 is 11.3 Å². The molecular formula is C16H22N4O2S. The van der Waals surface area contributed by atoms with Gasteiger partial charge in [0.2, 0.25) is 5.91 Å². The first-order valence-electron chi connectivity index (χ1n) is 7.58. The molecule has 0 aliphatic heterocycles. The molecule has 0 aliphatic carbocycles. The number of hydrogen-bond donors (Lipinski definition) is 2. The van der Waals surface area contributed by atoms with E-state index in [1.165, 1.54) is 11.3 Å². The maximum Gasteiger partial charge on any atom is 0.262 e. The molecule has 0 saturated heterocycles. The van der Waals surface area contributed by atoms with Crippen LogP contribution in [0.5, 0.6) is 0 Å². The van der Waals surface area contributed by atoms with Crippen molar-refractivity contribution in [1.82, 2.24) is 20.2 Å². The largest absolute Gasteiger partial charge is 0.350 e. The minimum Gasteiger partial charge on any atom is -0.350 e. The second kappa shape index (κ2) is 7.92. The molecule has 0 aromatic carbocycles. The Balaban J connectivity index is 1.94. The molecule has 124 valence electrons. The molecule has 23 heavy (non-hydrogen) atoms. The van der Waals surface area contributed by atoms with Crippen LogP contribution in [0.15, 0.2) is 36.2 Å². The van der Waals surface area contributed by atoms with Gasteiger partial charge in [0.25, 0.3) is 5.91 Å². The van der Waals surface area contributed by atoms with E-state index in [1.54, 1.807) is 18.6 Å². The Hall–Kier alpha value is -2.15. The van der Waals surface area contributed by atoms with E-state index in [0.29, 0.717) is 11.4 Å². The van der Waals surface area contributed by atoms with Gasteiger partial charge >= 0.3 is 0 Å². The highest BCUT2D eigenvalue weighted by Crippen LogP contribution is 2.10. The van der Waals surface area contributed by atoms with Gasteiger partial charge < -0.3 is 15.2 Å². The molecule has 0 fully saturated rings. The Morgan fingerprint density at radius 3 is 2.65 bits per heavy atom. The number of carbonyl (C=O) groups is 2. The molecule has 2 atom stereocenters. The molecule has 0 unspecified atom stereocenters. The van der Waals surface area contributed by atoms with Crippen LogP contribution < -0.4 is 10.6 Å².